The molecule has 0 aliphatic carbocycles. The Morgan fingerprint density at radius 3 is 1.78 bits per heavy atom. The third kappa shape index (κ3) is 3.95. The minimum Gasteiger partial charge on any atom is -0.497 e. The number of methoxy groups -OCH3 is 2. The summed E-state index contributed by atoms with van der Waals surface area (Å²) in [5.74, 6) is 2.12. The predicted octanol–water partition coefficient (Wildman–Crippen LogP) is 4.50. The van der Waals surface area contributed by atoms with E-state index in [0.717, 1.165) is 33.8 Å². The van der Waals surface area contributed by atoms with Crippen molar-refractivity contribution in [1.82, 2.24) is 9.97 Å². The molecule has 0 aliphatic rings. The van der Waals surface area contributed by atoms with Crippen LogP contribution in [0.1, 0.15) is 22.3 Å². The molecular weight excluding hydrogens is 402 g/mol. The Labute approximate surface area is 186 Å². The highest BCUT2D eigenvalue weighted by Gasteiger charge is 2.37. The molecule has 2 N–H and O–H groups in total. The largest absolute Gasteiger partial charge is 0.497 e. The average molecular weight is 428 g/mol. The minimum absolute atomic E-state index is 0.412. The monoisotopic (exact) mass is 427 g/mol. The van der Waals surface area contributed by atoms with E-state index in [1.165, 1.54) is 0 Å². The van der Waals surface area contributed by atoms with Crippen LogP contribution < -0.4 is 20.5 Å². The van der Waals surface area contributed by atoms with E-state index < -0.39 is 11.2 Å². The summed E-state index contributed by atoms with van der Waals surface area (Å²) in [4.78, 5) is 18.8. The fourth-order valence-corrected chi connectivity index (χ4v) is 3.86. The van der Waals surface area contributed by atoms with E-state index in [2.05, 4.69) is 27.4 Å². The zero-order chi connectivity index (χ0) is 22.6. The number of H-pyrrole nitrogens is 1. The lowest BCUT2D eigenvalue weighted by molar-refractivity contribution is 0.414. The van der Waals surface area contributed by atoms with Crippen molar-refractivity contribution in [3.8, 4) is 11.5 Å². The van der Waals surface area contributed by atoms with Gasteiger partial charge in [0.05, 0.1) is 14.2 Å². The molecule has 1 heterocycles. The smallest absolute Gasteiger partial charge is 0.346 e. The first kappa shape index (κ1) is 21.2. The lowest BCUT2D eigenvalue weighted by Crippen LogP contribution is -2.39. The lowest BCUT2D eigenvalue weighted by Gasteiger charge is -2.38. The summed E-state index contributed by atoms with van der Waals surface area (Å²) in [5.41, 5.74) is 2.57. The van der Waals surface area contributed by atoms with Crippen molar-refractivity contribution in [1.29, 1.82) is 0 Å². The van der Waals surface area contributed by atoms with Crippen molar-refractivity contribution in [2.75, 3.05) is 19.5 Å². The standard InChI is InChI=1S/C26H25N3O3/c1-18-17-27-25(30)28-24(18)29-26(19-7-5-4-6-8-19,20-9-13-22(31-2)14-10-20)21-11-15-23(32-3)16-12-21/h4-17H,1-3H3,(H2,27,28,29,30). The van der Waals surface area contributed by atoms with Crippen LogP contribution in [-0.2, 0) is 5.54 Å². The van der Waals surface area contributed by atoms with Gasteiger partial charge in [-0.25, -0.2) is 9.78 Å². The molecule has 0 radical (unpaired) electrons. The molecule has 4 aromatic rings. The van der Waals surface area contributed by atoms with Gasteiger partial charge in [-0.2, -0.15) is 0 Å². The summed E-state index contributed by atoms with van der Waals surface area (Å²) in [6.45, 7) is 1.91. The van der Waals surface area contributed by atoms with E-state index in [4.69, 9.17) is 9.47 Å². The lowest BCUT2D eigenvalue weighted by atomic mass is 9.76. The highest BCUT2D eigenvalue weighted by atomic mass is 16.5. The van der Waals surface area contributed by atoms with E-state index in [0.29, 0.717) is 5.82 Å². The van der Waals surface area contributed by atoms with Gasteiger partial charge >= 0.3 is 5.69 Å². The highest BCUT2D eigenvalue weighted by Crippen LogP contribution is 2.41. The Balaban J connectivity index is 2.02. The van der Waals surface area contributed by atoms with Gasteiger partial charge in [0.25, 0.3) is 0 Å². The van der Waals surface area contributed by atoms with Crippen molar-refractivity contribution in [3.05, 3.63) is 118 Å². The van der Waals surface area contributed by atoms with Gasteiger partial charge in [-0.1, -0.05) is 54.6 Å². The van der Waals surface area contributed by atoms with E-state index in [1.807, 2.05) is 73.7 Å². The van der Waals surface area contributed by atoms with Gasteiger partial charge in [0.1, 0.15) is 22.9 Å². The fraction of sp³-hybridized carbons (Fsp3) is 0.154. The number of aromatic amines is 1. The maximum Gasteiger partial charge on any atom is 0.346 e. The molecule has 0 amide bonds. The number of hydrogen-bond donors (Lipinski definition) is 2. The Hall–Kier alpha value is -4.06. The highest BCUT2D eigenvalue weighted by molar-refractivity contribution is 5.60. The first-order chi connectivity index (χ1) is 15.6. The summed E-state index contributed by atoms with van der Waals surface area (Å²) in [6.07, 6.45) is 1.57. The molecule has 0 atom stereocenters. The molecule has 162 valence electrons. The van der Waals surface area contributed by atoms with Crippen LogP contribution in [0.15, 0.2) is 89.9 Å². The Morgan fingerprint density at radius 1 is 0.781 bits per heavy atom. The third-order valence-electron chi connectivity index (χ3n) is 5.57. The molecule has 0 saturated heterocycles. The third-order valence-corrected chi connectivity index (χ3v) is 5.57. The molecule has 6 nitrogen and oxygen atoms in total. The summed E-state index contributed by atoms with van der Waals surface area (Å²) >= 11 is 0. The molecule has 0 aliphatic heterocycles. The van der Waals surface area contributed by atoms with Gasteiger partial charge in [-0.15, -0.1) is 0 Å². The summed E-state index contributed by atoms with van der Waals surface area (Å²) in [7, 11) is 3.29. The Morgan fingerprint density at radius 2 is 1.28 bits per heavy atom. The molecule has 32 heavy (non-hydrogen) atoms. The first-order valence-electron chi connectivity index (χ1n) is 10.3. The second-order valence-corrected chi connectivity index (χ2v) is 7.44. The van der Waals surface area contributed by atoms with E-state index in [-0.39, 0.29) is 0 Å². The number of anilines is 1. The molecule has 0 spiro atoms. The van der Waals surface area contributed by atoms with Gasteiger partial charge < -0.3 is 14.8 Å². The molecule has 0 bridgehead atoms. The van der Waals surface area contributed by atoms with E-state index in [1.54, 1.807) is 20.4 Å². The molecular formula is C26H25N3O3. The van der Waals surface area contributed by atoms with Crippen LogP contribution in [0.5, 0.6) is 11.5 Å². The van der Waals surface area contributed by atoms with Crippen LogP contribution in [0.4, 0.5) is 5.82 Å². The number of nitrogens with one attached hydrogen (secondary N) is 2. The molecule has 1 aromatic heterocycles. The van der Waals surface area contributed by atoms with Crippen molar-refractivity contribution in [2.45, 2.75) is 12.5 Å². The van der Waals surface area contributed by atoms with Crippen molar-refractivity contribution in [2.24, 2.45) is 0 Å². The number of hydrogen-bond acceptors (Lipinski definition) is 5. The zero-order valence-corrected chi connectivity index (χ0v) is 18.3. The quantitative estimate of drug-likeness (QED) is 0.425. The Kier molecular flexibility index (Phi) is 5.94. The van der Waals surface area contributed by atoms with Crippen LogP contribution in [-0.4, -0.2) is 24.2 Å². The van der Waals surface area contributed by atoms with Gasteiger partial charge in [0.15, 0.2) is 0 Å². The summed E-state index contributed by atoms with van der Waals surface area (Å²) < 4.78 is 10.8. The minimum atomic E-state index is -0.811. The maximum absolute atomic E-state index is 12.1. The average Bonchev–Trinajstić information content (AvgIpc) is 2.85. The molecule has 6 heteroatoms. The van der Waals surface area contributed by atoms with E-state index >= 15 is 0 Å². The van der Waals surface area contributed by atoms with Crippen molar-refractivity contribution >= 4 is 5.82 Å². The normalized spacial score (nSPS) is 11.1. The zero-order valence-electron chi connectivity index (χ0n) is 18.3. The van der Waals surface area contributed by atoms with Crippen LogP contribution in [0.25, 0.3) is 0 Å². The summed E-state index contributed by atoms with van der Waals surface area (Å²) in [5, 5.41) is 3.65. The van der Waals surface area contributed by atoms with Gasteiger partial charge in [-0.3, -0.25) is 4.98 Å². The Bertz CT molecular complexity index is 1190. The van der Waals surface area contributed by atoms with Crippen LogP contribution in [0, 0.1) is 6.92 Å². The second kappa shape index (κ2) is 8.98. The molecule has 3 aromatic carbocycles. The number of aryl methyl sites for hydroxylation is 1. The predicted molar refractivity (Wildman–Crippen MR) is 126 cm³/mol. The SMILES string of the molecule is COc1ccc(C(Nc2[nH]c(=O)ncc2C)(c2ccccc2)c2ccc(OC)cc2)cc1. The maximum atomic E-state index is 12.1. The number of aromatic nitrogens is 2. The first-order valence-corrected chi connectivity index (χ1v) is 10.3. The number of nitrogens with zero attached hydrogens (tertiary/aromatic N) is 1. The van der Waals surface area contributed by atoms with Gasteiger partial charge in [0, 0.05) is 11.8 Å². The fourth-order valence-electron chi connectivity index (χ4n) is 3.86. The molecule has 0 saturated carbocycles. The second-order valence-electron chi connectivity index (χ2n) is 7.44. The van der Waals surface area contributed by atoms with Crippen LogP contribution >= 0.6 is 0 Å². The van der Waals surface area contributed by atoms with Crippen molar-refractivity contribution < 1.29 is 9.47 Å². The van der Waals surface area contributed by atoms with Gasteiger partial charge in [0.2, 0.25) is 0 Å². The number of ether oxygens (including phenoxy) is 2. The number of rotatable bonds is 7. The van der Waals surface area contributed by atoms with Gasteiger partial charge in [-0.05, 0) is 47.9 Å². The van der Waals surface area contributed by atoms with Crippen LogP contribution in [0.3, 0.4) is 0 Å². The molecule has 0 unspecified atom stereocenters. The number of benzene rings is 3. The molecule has 0 fully saturated rings. The van der Waals surface area contributed by atoms with E-state index in [9.17, 15) is 4.79 Å². The summed E-state index contributed by atoms with van der Waals surface area (Å²) in [6, 6.07) is 25.9. The van der Waals surface area contributed by atoms with Crippen LogP contribution in [0.2, 0.25) is 0 Å². The topological polar surface area (TPSA) is 76.2 Å². The molecule has 4 rings (SSSR count). The van der Waals surface area contributed by atoms with Crippen molar-refractivity contribution in [3.63, 3.8) is 0 Å².